The molecule has 0 saturated heterocycles. The number of furan rings is 2. The van der Waals surface area contributed by atoms with E-state index in [-0.39, 0.29) is 35.8 Å². The number of rotatable bonds is 7. The van der Waals surface area contributed by atoms with E-state index < -0.39 is 6.04 Å². The van der Waals surface area contributed by atoms with Crippen molar-refractivity contribution in [2.24, 2.45) is 0 Å². The van der Waals surface area contributed by atoms with Gasteiger partial charge in [0.15, 0.2) is 11.5 Å². The third-order valence-corrected chi connectivity index (χ3v) is 7.10. The second-order valence-electron chi connectivity index (χ2n) is 9.92. The molecule has 3 aromatic carbocycles. The Labute approximate surface area is 236 Å². The van der Waals surface area contributed by atoms with E-state index >= 15 is 0 Å². The number of carbonyl (C=O) groups is 2. The lowest BCUT2D eigenvalue weighted by Crippen LogP contribution is -2.40. The highest BCUT2D eigenvalue weighted by atomic mass is 19.1. The van der Waals surface area contributed by atoms with Gasteiger partial charge in [0.25, 0.3) is 11.8 Å². The Morgan fingerprint density at radius 1 is 0.976 bits per heavy atom. The minimum Gasteiger partial charge on any atom is -0.486 e. The predicted octanol–water partition coefficient (Wildman–Crippen LogP) is 6.94. The number of halogens is 1. The number of amides is 2. The smallest absolute Gasteiger partial charge is 0.291 e. The molecule has 0 radical (unpaired) electrons. The van der Waals surface area contributed by atoms with Gasteiger partial charge in [0.1, 0.15) is 23.9 Å². The van der Waals surface area contributed by atoms with Gasteiger partial charge in [-0.3, -0.25) is 9.59 Å². The summed E-state index contributed by atoms with van der Waals surface area (Å²) in [5, 5.41) is 2.82. The van der Waals surface area contributed by atoms with Gasteiger partial charge in [-0.25, -0.2) is 4.39 Å². The van der Waals surface area contributed by atoms with Crippen LogP contribution >= 0.6 is 0 Å². The van der Waals surface area contributed by atoms with Crippen LogP contribution in [-0.4, -0.2) is 23.3 Å². The van der Waals surface area contributed by atoms with E-state index in [9.17, 15) is 14.0 Å². The fourth-order valence-corrected chi connectivity index (χ4v) is 5.01. The van der Waals surface area contributed by atoms with Gasteiger partial charge in [-0.1, -0.05) is 35.9 Å². The van der Waals surface area contributed by atoms with E-state index in [0.717, 1.165) is 22.3 Å². The van der Waals surface area contributed by atoms with Gasteiger partial charge in [0.05, 0.1) is 12.3 Å². The molecule has 0 fully saturated rings. The number of fused-ring (bicyclic) bond motifs is 1. The SMILES string of the molecule is Cc1ccc(NC(=O)c2ccc(COc3ccc4c(c3)C(c3ccc(F)cc3)N(C(=O)c3ccco3)CC4)o2)cc1. The van der Waals surface area contributed by atoms with Crippen LogP contribution in [0.15, 0.2) is 106 Å². The van der Waals surface area contributed by atoms with E-state index in [1.807, 2.05) is 49.4 Å². The van der Waals surface area contributed by atoms with Crippen LogP contribution in [0.1, 0.15) is 55.2 Å². The molecule has 206 valence electrons. The van der Waals surface area contributed by atoms with Crippen molar-refractivity contribution in [3.8, 4) is 5.75 Å². The minimum absolute atomic E-state index is 0.104. The van der Waals surface area contributed by atoms with Gasteiger partial charge < -0.3 is 23.8 Å². The highest BCUT2D eigenvalue weighted by Gasteiger charge is 2.34. The zero-order valence-corrected chi connectivity index (χ0v) is 22.3. The van der Waals surface area contributed by atoms with Crippen LogP contribution in [-0.2, 0) is 13.0 Å². The topological polar surface area (TPSA) is 84.9 Å². The maximum absolute atomic E-state index is 13.8. The molecule has 0 saturated carbocycles. The highest BCUT2D eigenvalue weighted by molar-refractivity contribution is 6.02. The largest absolute Gasteiger partial charge is 0.486 e. The van der Waals surface area contributed by atoms with Crippen LogP contribution in [0.25, 0.3) is 0 Å². The maximum atomic E-state index is 13.8. The normalized spacial score (nSPS) is 14.4. The molecule has 1 aliphatic heterocycles. The standard InChI is InChI=1S/C33H27FN2O5/c1-21-4-11-25(12-5-21)35-32(37)29-15-14-27(41-29)20-40-26-13-8-22-16-17-36(33(38)30-3-2-18-39-30)31(28(22)19-26)23-6-9-24(34)10-7-23/h2-15,18-19,31H,16-17,20H2,1H3,(H,35,37). The first-order valence-corrected chi connectivity index (χ1v) is 13.3. The van der Waals surface area contributed by atoms with Gasteiger partial charge in [0.2, 0.25) is 0 Å². The Hall–Kier alpha value is -5.11. The summed E-state index contributed by atoms with van der Waals surface area (Å²) in [5.74, 6) is 0.541. The average molecular weight is 551 g/mol. The maximum Gasteiger partial charge on any atom is 0.291 e. The van der Waals surface area contributed by atoms with E-state index in [1.54, 1.807) is 41.3 Å². The van der Waals surface area contributed by atoms with Crippen molar-refractivity contribution in [2.75, 3.05) is 11.9 Å². The Balaban J connectivity index is 1.21. The Kier molecular flexibility index (Phi) is 7.12. The minimum atomic E-state index is -0.457. The molecular weight excluding hydrogens is 523 g/mol. The van der Waals surface area contributed by atoms with Crippen LogP contribution < -0.4 is 10.1 Å². The van der Waals surface area contributed by atoms with Crippen LogP contribution in [0.4, 0.5) is 10.1 Å². The summed E-state index contributed by atoms with van der Waals surface area (Å²) in [6.45, 7) is 2.56. The first-order chi connectivity index (χ1) is 19.9. The van der Waals surface area contributed by atoms with Gasteiger partial charge in [0, 0.05) is 12.2 Å². The van der Waals surface area contributed by atoms with Gasteiger partial charge in [-0.05, 0) is 90.7 Å². The second kappa shape index (κ2) is 11.2. The summed E-state index contributed by atoms with van der Waals surface area (Å²) < 4.78 is 31.0. The fraction of sp³-hybridized carbons (Fsp3) is 0.152. The molecule has 41 heavy (non-hydrogen) atoms. The summed E-state index contributed by atoms with van der Waals surface area (Å²) in [5.41, 5.74) is 4.52. The number of anilines is 1. The molecule has 7 nitrogen and oxygen atoms in total. The molecular formula is C33H27FN2O5. The Morgan fingerprint density at radius 3 is 2.54 bits per heavy atom. The molecule has 8 heteroatoms. The summed E-state index contributed by atoms with van der Waals surface area (Å²) in [6, 6.07) is 25.6. The molecule has 0 bridgehead atoms. The Morgan fingerprint density at radius 2 is 1.78 bits per heavy atom. The van der Waals surface area contributed by atoms with E-state index in [4.69, 9.17) is 13.6 Å². The summed E-state index contributed by atoms with van der Waals surface area (Å²) in [4.78, 5) is 27.7. The molecule has 5 aromatic rings. The van der Waals surface area contributed by atoms with E-state index in [1.165, 1.54) is 18.4 Å². The number of nitrogens with zero attached hydrogens (tertiary/aromatic N) is 1. The number of nitrogens with one attached hydrogen (secondary N) is 1. The van der Waals surface area contributed by atoms with Crippen molar-refractivity contribution in [3.63, 3.8) is 0 Å². The van der Waals surface area contributed by atoms with Crippen LogP contribution in [0.3, 0.4) is 0 Å². The number of aryl methyl sites for hydroxylation is 1. The van der Waals surface area contributed by atoms with E-state index in [2.05, 4.69) is 5.32 Å². The third-order valence-electron chi connectivity index (χ3n) is 7.10. The Bertz CT molecular complexity index is 1670. The number of hydrogen-bond acceptors (Lipinski definition) is 5. The highest BCUT2D eigenvalue weighted by Crippen LogP contribution is 2.38. The van der Waals surface area contributed by atoms with Crippen molar-refractivity contribution in [2.45, 2.75) is 26.0 Å². The van der Waals surface area contributed by atoms with Crippen LogP contribution in [0.2, 0.25) is 0 Å². The monoisotopic (exact) mass is 550 g/mol. The molecule has 1 atom stereocenters. The summed E-state index contributed by atoms with van der Waals surface area (Å²) in [7, 11) is 0. The molecule has 1 unspecified atom stereocenters. The second-order valence-corrected chi connectivity index (χ2v) is 9.92. The van der Waals surface area contributed by atoms with Crippen molar-refractivity contribution in [1.29, 1.82) is 0 Å². The van der Waals surface area contributed by atoms with Gasteiger partial charge in [-0.15, -0.1) is 0 Å². The van der Waals surface area contributed by atoms with Crippen molar-refractivity contribution < 1.29 is 27.6 Å². The van der Waals surface area contributed by atoms with Crippen molar-refractivity contribution in [1.82, 2.24) is 4.90 Å². The molecule has 1 aliphatic rings. The molecule has 2 aromatic heterocycles. The van der Waals surface area contributed by atoms with Gasteiger partial charge >= 0.3 is 0 Å². The molecule has 2 amide bonds. The quantitative estimate of drug-likeness (QED) is 0.237. The molecule has 0 spiro atoms. The predicted molar refractivity (Wildman–Crippen MR) is 150 cm³/mol. The first-order valence-electron chi connectivity index (χ1n) is 13.3. The number of carbonyl (C=O) groups excluding carboxylic acids is 2. The lowest BCUT2D eigenvalue weighted by atomic mass is 9.87. The van der Waals surface area contributed by atoms with Crippen molar-refractivity contribution >= 4 is 17.5 Å². The third kappa shape index (κ3) is 5.63. The summed E-state index contributed by atoms with van der Waals surface area (Å²) in [6.07, 6.45) is 2.12. The zero-order valence-electron chi connectivity index (χ0n) is 22.3. The molecule has 1 N–H and O–H groups in total. The molecule has 3 heterocycles. The van der Waals surface area contributed by atoms with Crippen molar-refractivity contribution in [3.05, 3.63) is 143 Å². The van der Waals surface area contributed by atoms with Gasteiger partial charge in [-0.2, -0.15) is 0 Å². The lowest BCUT2D eigenvalue weighted by Gasteiger charge is -2.37. The van der Waals surface area contributed by atoms with Crippen LogP contribution in [0, 0.1) is 12.7 Å². The van der Waals surface area contributed by atoms with Crippen LogP contribution in [0.5, 0.6) is 5.75 Å². The zero-order chi connectivity index (χ0) is 28.3. The number of benzene rings is 3. The van der Waals surface area contributed by atoms with E-state index in [0.29, 0.717) is 30.2 Å². The number of ether oxygens (including phenoxy) is 1. The molecule has 6 rings (SSSR count). The molecule has 0 aliphatic carbocycles. The lowest BCUT2D eigenvalue weighted by molar-refractivity contribution is 0.0661. The summed E-state index contributed by atoms with van der Waals surface area (Å²) >= 11 is 0. The first kappa shape index (κ1) is 26.1. The fourth-order valence-electron chi connectivity index (χ4n) is 5.01. The average Bonchev–Trinajstić information content (AvgIpc) is 3.70. The number of hydrogen-bond donors (Lipinski definition) is 1.